The SMILES string of the molecule is COC(=O)N[C@@H](C(=O)N1CC2(CC1c1nc3ccc(-c4ccc5c(c4)C(F)(F)c4cc(-c6cnc(C7CCCN7)[nH]6)ccc4-5)cc3[nH]1)OCCO2)c1ccccc1. The minimum absolute atomic E-state index is 0.0316. The van der Waals surface area contributed by atoms with Crippen LogP contribution in [0.1, 0.15) is 65.7 Å². The van der Waals surface area contributed by atoms with Crippen LogP contribution in [0.4, 0.5) is 13.6 Å². The molecule has 290 valence electrons. The van der Waals surface area contributed by atoms with E-state index in [0.29, 0.717) is 70.0 Å². The molecule has 57 heavy (non-hydrogen) atoms. The lowest BCUT2D eigenvalue weighted by Crippen LogP contribution is -2.44. The summed E-state index contributed by atoms with van der Waals surface area (Å²) in [5.74, 6) is -3.29. The van der Waals surface area contributed by atoms with Crippen molar-refractivity contribution in [3.63, 3.8) is 0 Å². The van der Waals surface area contributed by atoms with Gasteiger partial charge in [0.2, 0.25) is 0 Å². The molecule has 2 amide bonds. The molecule has 0 radical (unpaired) electrons. The van der Waals surface area contributed by atoms with Crippen LogP contribution in [0.15, 0.2) is 91.1 Å². The first-order valence-corrected chi connectivity index (χ1v) is 19.1. The van der Waals surface area contributed by atoms with Crippen molar-refractivity contribution >= 4 is 23.0 Å². The number of hydrogen-bond donors (Lipinski definition) is 4. The summed E-state index contributed by atoms with van der Waals surface area (Å²) in [6, 6.07) is 23.4. The van der Waals surface area contributed by atoms with Crippen molar-refractivity contribution in [2.45, 2.75) is 49.1 Å². The number of nitrogens with one attached hydrogen (secondary N) is 4. The van der Waals surface area contributed by atoms with Gasteiger partial charge in [-0.2, -0.15) is 8.78 Å². The Morgan fingerprint density at radius 2 is 1.63 bits per heavy atom. The number of amides is 2. The van der Waals surface area contributed by atoms with Crippen LogP contribution in [0.2, 0.25) is 0 Å². The Bertz CT molecular complexity index is 2530. The Balaban J connectivity index is 0.947. The molecule has 10 rings (SSSR count). The molecule has 0 bridgehead atoms. The molecule has 3 fully saturated rings. The topological polar surface area (TPSA) is 146 Å². The van der Waals surface area contributed by atoms with E-state index in [9.17, 15) is 9.59 Å². The first-order valence-electron chi connectivity index (χ1n) is 19.1. The molecular weight excluding hydrogens is 733 g/mol. The second-order valence-electron chi connectivity index (χ2n) is 15.1. The lowest BCUT2D eigenvalue weighted by atomic mass is 9.98. The molecule has 1 spiro atoms. The minimum atomic E-state index is -3.21. The van der Waals surface area contributed by atoms with Crippen LogP contribution >= 0.6 is 0 Å². The molecule has 3 saturated heterocycles. The number of ether oxygens (including phenoxy) is 3. The lowest BCUT2D eigenvalue weighted by Gasteiger charge is -2.28. The Morgan fingerprint density at radius 1 is 0.912 bits per heavy atom. The highest BCUT2D eigenvalue weighted by molar-refractivity contribution is 5.89. The van der Waals surface area contributed by atoms with Gasteiger partial charge in [-0.15, -0.1) is 0 Å². The van der Waals surface area contributed by atoms with Crippen molar-refractivity contribution < 1.29 is 32.6 Å². The highest BCUT2D eigenvalue weighted by Gasteiger charge is 2.53. The predicted octanol–water partition coefficient (Wildman–Crippen LogP) is 7.28. The standard InChI is InChI=1S/C43H39F2N7O5/c1-55-41(54)51-37(24-6-3-2-4-7-24)40(53)52-23-42(56-16-17-57-42)21-36(52)39-48-32-14-11-26(20-34(32)49-39)25-9-12-28-29-13-10-27(19-31(29)43(44,45)30(28)18-25)35-22-47-38(50-35)33-8-5-15-46-33/h2-4,6-7,9-14,18-20,22,33,36-37,46H,5,8,15-17,21,23H2,1H3,(H,47,50)(H,48,49)(H,51,54)/t33?,36?,37-/m1/s1. The number of nitrogens with zero attached hydrogens (tertiary/aromatic N) is 3. The first kappa shape index (κ1) is 35.5. The number of fused-ring (bicyclic) bond motifs is 4. The third-order valence-corrected chi connectivity index (χ3v) is 11.7. The Labute approximate surface area is 326 Å². The lowest BCUT2D eigenvalue weighted by molar-refractivity contribution is -0.153. The zero-order valence-electron chi connectivity index (χ0n) is 31.0. The fourth-order valence-corrected chi connectivity index (χ4v) is 8.81. The summed E-state index contributed by atoms with van der Waals surface area (Å²) in [7, 11) is 1.24. The molecule has 4 N–H and O–H groups in total. The molecule has 3 atom stereocenters. The Hall–Kier alpha value is -5.96. The van der Waals surface area contributed by atoms with Gasteiger partial charge in [0.1, 0.15) is 17.7 Å². The summed E-state index contributed by atoms with van der Waals surface area (Å²) < 4.78 is 49.7. The molecule has 3 aliphatic heterocycles. The third kappa shape index (κ3) is 6.06. The van der Waals surface area contributed by atoms with Gasteiger partial charge in [-0.3, -0.25) is 4.79 Å². The fraction of sp³-hybridized carbons (Fsp3) is 0.302. The van der Waals surface area contributed by atoms with Gasteiger partial charge in [0, 0.05) is 23.1 Å². The van der Waals surface area contributed by atoms with E-state index >= 15 is 8.78 Å². The van der Waals surface area contributed by atoms with Gasteiger partial charge in [0.25, 0.3) is 11.8 Å². The third-order valence-electron chi connectivity index (χ3n) is 11.7. The maximum Gasteiger partial charge on any atom is 0.407 e. The summed E-state index contributed by atoms with van der Waals surface area (Å²) in [6.45, 7) is 1.83. The predicted molar refractivity (Wildman–Crippen MR) is 206 cm³/mol. The number of aromatic amines is 2. The zero-order chi connectivity index (χ0) is 38.9. The van der Waals surface area contributed by atoms with Gasteiger partial charge in [0.15, 0.2) is 5.79 Å². The summed E-state index contributed by atoms with van der Waals surface area (Å²) >= 11 is 0. The quantitative estimate of drug-likeness (QED) is 0.133. The van der Waals surface area contributed by atoms with E-state index in [2.05, 4.69) is 25.6 Å². The highest BCUT2D eigenvalue weighted by atomic mass is 19.3. The highest BCUT2D eigenvalue weighted by Crippen LogP contribution is 2.53. The molecule has 4 aliphatic rings. The molecule has 14 heteroatoms. The van der Waals surface area contributed by atoms with E-state index in [1.807, 2.05) is 36.4 Å². The smallest absolute Gasteiger partial charge is 0.407 e. The van der Waals surface area contributed by atoms with Crippen LogP contribution in [-0.4, -0.2) is 76.0 Å². The summed E-state index contributed by atoms with van der Waals surface area (Å²) in [5, 5.41) is 6.11. The van der Waals surface area contributed by atoms with Gasteiger partial charge in [-0.25, -0.2) is 14.8 Å². The number of aromatic nitrogens is 4. The monoisotopic (exact) mass is 771 g/mol. The molecule has 4 aromatic carbocycles. The number of alkyl halides is 2. The molecule has 5 heterocycles. The second-order valence-corrected chi connectivity index (χ2v) is 15.1. The number of methoxy groups -OCH3 is 1. The van der Waals surface area contributed by atoms with Crippen molar-refractivity contribution in [1.82, 2.24) is 35.5 Å². The van der Waals surface area contributed by atoms with Gasteiger partial charge >= 0.3 is 6.09 Å². The Kier molecular flexibility index (Phi) is 8.46. The molecule has 6 aromatic rings. The van der Waals surface area contributed by atoms with Gasteiger partial charge in [0.05, 0.1) is 61.9 Å². The second kappa shape index (κ2) is 13.6. The first-order chi connectivity index (χ1) is 27.7. The average molecular weight is 772 g/mol. The molecule has 1 aliphatic carbocycles. The van der Waals surface area contributed by atoms with Gasteiger partial charge < -0.3 is 39.7 Å². The number of benzene rings is 4. The van der Waals surface area contributed by atoms with E-state index in [4.69, 9.17) is 19.2 Å². The van der Waals surface area contributed by atoms with E-state index in [0.717, 1.165) is 30.8 Å². The van der Waals surface area contributed by atoms with Crippen molar-refractivity contribution in [1.29, 1.82) is 0 Å². The fourth-order valence-electron chi connectivity index (χ4n) is 8.81. The average Bonchev–Trinajstić information content (AvgIpc) is 4.10. The van der Waals surface area contributed by atoms with Crippen LogP contribution < -0.4 is 10.6 Å². The van der Waals surface area contributed by atoms with E-state index in [1.165, 1.54) is 7.11 Å². The van der Waals surface area contributed by atoms with Gasteiger partial charge in [-0.1, -0.05) is 60.7 Å². The van der Waals surface area contributed by atoms with Crippen molar-refractivity contribution in [3.8, 4) is 33.5 Å². The number of halogens is 2. The normalized spacial score (nSPS) is 20.9. The maximum absolute atomic E-state index is 16.3. The van der Waals surface area contributed by atoms with E-state index in [-0.39, 0.29) is 29.6 Å². The molecule has 2 unspecified atom stereocenters. The minimum Gasteiger partial charge on any atom is -0.453 e. The van der Waals surface area contributed by atoms with Gasteiger partial charge in [-0.05, 0) is 71.5 Å². The number of hydrogen-bond acceptors (Lipinski definition) is 8. The summed E-state index contributed by atoms with van der Waals surface area (Å²) in [5.41, 5.74) is 5.55. The van der Waals surface area contributed by atoms with Crippen molar-refractivity contribution in [2.24, 2.45) is 0 Å². The van der Waals surface area contributed by atoms with Crippen LogP contribution in [0.5, 0.6) is 0 Å². The largest absolute Gasteiger partial charge is 0.453 e. The number of H-pyrrole nitrogens is 2. The molecule has 2 aromatic heterocycles. The molecule has 12 nitrogen and oxygen atoms in total. The number of likely N-dealkylation sites (tertiary alicyclic amines) is 1. The van der Waals surface area contributed by atoms with E-state index < -0.39 is 29.9 Å². The summed E-state index contributed by atoms with van der Waals surface area (Å²) in [6.07, 6.45) is 3.34. The maximum atomic E-state index is 16.3. The molecular formula is C43H39F2N7O5. The number of imidazole rings is 2. The number of carbonyl (C=O) groups is 2. The van der Waals surface area contributed by atoms with E-state index in [1.54, 1.807) is 59.6 Å². The van der Waals surface area contributed by atoms with Crippen LogP contribution in [-0.2, 0) is 24.9 Å². The van der Waals surface area contributed by atoms with Crippen LogP contribution in [0, 0.1) is 0 Å². The Morgan fingerprint density at radius 3 is 2.37 bits per heavy atom. The van der Waals surface area contributed by atoms with Crippen LogP contribution in [0.25, 0.3) is 44.5 Å². The number of alkyl carbamates (subject to hydrolysis) is 1. The zero-order valence-corrected chi connectivity index (χ0v) is 31.0. The van der Waals surface area contributed by atoms with Crippen molar-refractivity contribution in [3.05, 3.63) is 119 Å². The molecule has 0 saturated carbocycles. The number of rotatable bonds is 7. The van der Waals surface area contributed by atoms with Crippen LogP contribution in [0.3, 0.4) is 0 Å². The van der Waals surface area contributed by atoms with Crippen molar-refractivity contribution in [2.75, 3.05) is 33.4 Å². The summed E-state index contributed by atoms with van der Waals surface area (Å²) in [4.78, 5) is 44.6. The number of carbonyl (C=O) groups excluding carboxylic acids is 2.